The van der Waals surface area contributed by atoms with Crippen molar-refractivity contribution in [3.8, 4) is 0 Å². The molecule has 0 saturated heterocycles. The summed E-state index contributed by atoms with van der Waals surface area (Å²) in [7, 11) is 0. The Hall–Kier alpha value is -1.92. The van der Waals surface area contributed by atoms with E-state index in [1.165, 1.54) is 0 Å². The number of H-pyrrole nitrogens is 1. The summed E-state index contributed by atoms with van der Waals surface area (Å²) < 4.78 is 0. The van der Waals surface area contributed by atoms with Gasteiger partial charge in [-0.2, -0.15) is 0 Å². The van der Waals surface area contributed by atoms with Gasteiger partial charge in [-0.15, -0.1) is 5.10 Å². The van der Waals surface area contributed by atoms with Crippen molar-refractivity contribution >= 4 is 11.9 Å². The van der Waals surface area contributed by atoms with Gasteiger partial charge in [0, 0.05) is 12.5 Å². The van der Waals surface area contributed by atoms with Gasteiger partial charge in [-0.25, -0.2) is 4.98 Å². The molecule has 1 aliphatic carbocycles. The molecule has 7 nitrogen and oxygen atoms in total. The van der Waals surface area contributed by atoms with Gasteiger partial charge < -0.3 is 10.4 Å². The molecule has 1 saturated carbocycles. The predicted molar refractivity (Wildman–Crippen MR) is 66.6 cm³/mol. The fourth-order valence-electron chi connectivity index (χ4n) is 2.39. The first-order chi connectivity index (χ1) is 9.11. The molecule has 0 aliphatic heterocycles. The van der Waals surface area contributed by atoms with Crippen LogP contribution in [0.15, 0.2) is 0 Å². The third kappa shape index (κ3) is 3.10. The summed E-state index contributed by atoms with van der Waals surface area (Å²) >= 11 is 0. The fraction of sp³-hybridized carbons (Fsp3) is 0.667. The zero-order valence-electron chi connectivity index (χ0n) is 10.8. The zero-order chi connectivity index (χ0) is 13.8. The molecule has 0 aromatic carbocycles. The minimum Gasteiger partial charge on any atom is -0.481 e. The number of nitrogens with one attached hydrogen (secondary N) is 2. The van der Waals surface area contributed by atoms with Gasteiger partial charge in [0.05, 0.1) is 5.92 Å². The smallest absolute Gasteiger partial charge is 0.308 e. The first-order valence-corrected chi connectivity index (χ1v) is 6.56. The van der Waals surface area contributed by atoms with Gasteiger partial charge in [0.2, 0.25) is 5.82 Å². The Bertz CT molecular complexity index is 471. The van der Waals surface area contributed by atoms with E-state index in [1.807, 2.05) is 6.92 Å². The number of amides is 1. The molecular weight excluding hydrogens is 248 g/mol. The predicted octanol–water partition coefficient (Wildman–Crippen LogP) is 0.740. The number of carbonyl (C=O) groups excluding carboxylic acids is 1. The lowest BCUT2D eigenvalue weighted by atomic mass is 9.84. The van der Waals surface area contributed by atoms with Crippen LogP contribution >= 0.6 is 0 Å². The van der Waals surface area contributed by atoms with E-state index in [0.717, 1.165) is 12.8 Å². The lowest BCUT2D eigenvalue weighted by molar-refractivity contribution is -0.143. The van der Waals surface area contributed by atoms with Gasteiger partial charge in [0.25, 0.3) is 5.91 Å². The third-order valence-electron chi connectivity index (χ3n) is 3.47. The largest absolute Gasteiger partial charge is 0.481 e. The molecule has 1 fully saturated rings. The summed E-state index contributed by atoms with van der Waals surface area (Å²) in [6, 6.07) is -0.331. The van der Waals surface area contributed by atoms with Crippen molar-refractivity contribution in [2.24, 2.45) is 5.92 Å². The Labute approximate surface area is 110 Å². The Morgan fingerprint density at radius 3 is 2.79 bits per heavy atom. The van der Waals surface area contributed by atoms with Gasteiger partial charge in [0.15, 0.2) is 0 Å². The highest BCUT2D eigenvalue weighted by Gasteiger charge is 2.32. The number of aromatic nitrogens is 3. The zero-order valence-corrected chi connectivity index (χ0v) is 10.8. The topological polar surface area (TPSA) is 108 Å². The van der Waals surface area contributed by atoms with Crippen molar-refractivity contribution in [3.05, 3.63) is 11.6 Å². The van der Waals surface area contributed by atoms with E-state index < -0.39 is 17.8 Å². The number of aromatic amines is 1. The van der Waals surface area contributed by atoms with E-state index in [2.05, 4.69) is 20.5 Å². The molecule has 0 bridgehead atoms. The quantitative estimate of drug-likeness (QED) is 0.745. The second kappa shape index (κ2) is 5.81. The van der Waals surface area contributed by atoms with Gasteiger partial charge in [0.1, 0.15) is 5.82 Å². The molecule has 3 N–H and O–H groups in total. The summed E-state index contributed by atoms with van der Waals surface area (Å²) in [5, 5.41) is 18.4. The highest BCUT2D eigenvalue weighted by molar-refractivity contribution is 5.91. The second-order valence-electron chi connectivity index (χ2n) is 4.77. The maximum atomic E-state index is 12.0. The molecule has 0 radical (unpaired) electrons. The van der Waals surface area contributed by atoms with Gasteiger partial charge >= 0.3 is 5.97 Å². The maximum Gasteiger partial charge on any atom is 0.308 e. The number of hydrogen-bond donors (Lipinski definition) is 3. The van der Waals surface area contributed by atoms with E-state index in [1.54, 1.807) is 0 Å². The van der Waals surface area contributed by atoms with E-state index in [9.17, 15) is 9.59 Å². The monoisotopic (exact) mass is 266 g/mol. The fourth-order valence-corrected chi connectivity index (χ4v) is 2.39. The summed E-state index contributed by atoms with van der Waals surface area (Å²) in [6.07, 6.45) is 3.79. The Morgan fingerprint density at radius 2 is 2.16 bits per heavy atom. The Balaban J connectivity index is 2.02. The van der Waals surface area contributed by atoms with Crippen molar-refractivity contribution in [2.45, 2.75) is 45.1 Å². The number of carboxylic acid groups (broad SMARTS) is 1. The summed E-state index contributed by atoms with van der Waals surface area (Å²) in [5.41, 5.74) is 0. The number of aliphatic carboxylic acids is 1. The number of nitrogens with zero attached hydrogens (tertiary/aromatic N) is 2. The third-order valence-corrected chi connectivity index (χ3v) is 3.47. The normalized spacial score (nSPS) is 23.0. The number of carbonyl (C=O) groups is 2. The Morgan fingerprint density at radius 1 is 1.42 bits per heavy atom. The summed E-state index contributed by atoms with van der Waals surface area (Å²) in [4.78, 5) is 27.1. The van der Waals surface area contributed by atoms with Crippen LogP contribution in [0.2, 0.25) is 0 Å². The van der Waals surface area contributed by atoms with E-state index >= 15 is 0 Å². The molecule has 1 heterocycles. The lowest BCUT2D eigenvalue weighted by Crippen LogP contribution is -2.45. The Kier molecular flexibility index (Phi) is 4.13. The van der Waals surface area contributed by atoms with Crippen LogP contribution in [-0.4, -0.2) is 38.2 Å². The van der Waals surface area contributed by atoms with Crippen molar-refractivity contribution in [1.29, 1.82) is 0 Å². The summed E-state index contributed by atoms with van der Waals surface area (Å²) in [5.74, 6) is -1.05. The molecule has 1 aromatic heterocycles. The van der Waals surface area contributed by atoms with Gasteiger partial charge in [-0.05, 0) is 12.8 Å². The molecule has 2 unspecified atom stereocenters. The molecule has 2 atom stereocenters. The molecular formula is C12H18N4O3. The van der Waals surface area contributed by atoms with Crippen LogP contribution in [0.1, 0.15) is 49.1 Å². The van der Waals surface area contributed by atoms with Gasteiger partial charge in [-0.3, -0.25) is 14.7 Å². The van der Waals surface area contributed by atoms with Crippen molar-refractivity contribution in [3.63, 3.8) is 0 Å². The first kappa shape index (κ1) is 13.5. The molecule has 104 valence electrons. The lowest BCUT2D eigenvalue weighted by Gasteiger charge is -2.28. The number of rotatable bonds is 4. The maximum absolute atomic E-state index is 12.0. The second-order valence-corrected chi connectivity index (χ2v) is 4.77. The average Bonchev–Trinajstić information content (AvgIpc) is 2.88. The minimum absolute atomic E-state index is 0.0755. The minimum atomic E-state index is -0.853. The SMILES string of the molecule is CCc1nc(C(=O)NC2CCCCC2C(=O)O)n[nH]1. The molecule has 1 aliphatic rings. The van der Waals surface area contributed by atoms with E-state index in [4.69, 9.17) is 5.11 Å². The highest BCUT2D eigenvalue weighted by Crippen LogP contribution is 2.24. The standard InChI is InChI=1S/C12H18N4O3/c1-2-9-14-10(16-15-9)11(17)13-8-6-4-3-5-7(8)12(18)19/h7-8H,2-6H2,1H3,(H,13,17)(H,18,19)(H,14,15,16). The molecule has 7 heteroatoms. The van der Waals surface area contributed by atoms with Crippen LogP contribution in [0.25, 0.3) is 0 Å². The van der Waals surface area contributed by atoms with Crippen LogP contribution in [0.3, 0.4) is 0 Å². The molecule has 19 heavy (non-hydrogen) atoms. The van der Waals surface area contributed by atoms with E-state index in [0.29, 0.717) is 25.1 Å². The highest BCUT2D eigenvalue weighted by atomic mass is 16.4. The summed E-state index contributed by atoms with van der Waals surface area (Å²) in [6.45, 7) is 1.91. The molecule has 1 aromatic rings. The van der Waals surface area contributed by atoms with Crippen molar-refractivity contribution in [1.82, 2.24) is 20.5 Å². The van der Waals surface area contributed by atoms with Crippen molar-refractivity contribution < 1.29 is 14.7 Å². The molecule has 2 rings (SSSR count). The number of hydrogen-bond acceptors (Lipinski definition) is 4. The van der Waals surface area contributed by atoms with Crippen molar-refractivity contribution in [2.75, 3.05) is 0 Å². The van der Waals surface area contributed by atoms with Crippen LogP contribution in [0.4, 0.5) is 0 Å². The van der Waals surface area contributed by atoms with Crippen LogP contribution in [0, 0.1) is 5.92 Å². The number of aryl methyl sites for hydroxylation is 1. The molecule has 1 amide bonds. The van der Waals surface area contributed by atoms with Crippen LogP contribution < -0.4 is 5.32 Å². The van der Waals surface area contributed by atoms with E-state index in [-0.39, 0.29) is 11.9 Å². The number of carboxylic acids is 1. The van der Waals surface area contributed by atoms with Crippen LogP contribution in [0.5, 0.6) is 0 Å². The average molecular weight is 266 g/mol. The first-order valence-electron chi connectivity index (χ1n) is 6.56. The molecule has 0 spiro atoms. The van der Waals surface area contributed by atoms with Gasteiger partial charge in [-0.1, -0.05) is 19.8 Å². The van der Waals surface area contributed by atoms with Crippen LogP contribution in [-0.2, 0) is 11.2 Å².